The van der Waals surface area contributed by atoms with Crippen LogP contribution in [-0.4, -0.2) is 3.21 Å². The molecule has 36 heavy (non-hydrogen) atoms. The van der Waals surface area contributed by atoms with Crippen LogP contribution in [0.2, 0.25) is 0 Å². The molecule has 0 nitrogen and oxygen atoms in total. The van der Waals surface area contributed by atoms with E-state index < -0.39 is 21.3 Å². The number of rotatable bonds is 6. The van der Waals surface area contributed by atoms with Crippen LogP contribution in [0.4, 0.5) is 0 Å². The zero-order valence-electron chi connectivity index (χ0n) is 21.5. The van der Waals surface area contributed by atoms with Gasteiger partial charge in [-0.1, -0.05) is 0 Å². The SMILES string of the molecule is CC(C)C1=C(C(C)C)C[C]([Zr+2](=[C](c2ccccc2)c2ccccc2)[CH]2C=Cc3ccccc32)=C1.[Cl-].[Cl-]. The Morgan fingerprint density at radius 2 is 1.28 bits per heavy atom. The zero-order chi connectivity index (χ0) is 23.7. The van der Waals surface area contributed by atoms with Crippen molar-refractivity contribution in [3.05, 3.63) is 134 Å². The second-order valence-corrected chi connectivity index (χ2v) is 16.5. The third kappa shape index (κ3) is 5.70. The first-order valence-electron chi connectivity index (χ1n) is 12.6. The third-order valence-corrected chi connectivity index (χ3v) is 15.3. The van der Waals surface area contributed by atoms with Crippen LogP contribution in [0.3, 0.4) is 0 Å². The van der Waals surface area contributed by atoms with Gasteiger partial charge in [0.1, 0.15) is 0 Å². The predicted octanol–water partition coefficient (Wildman–Crippen LogP) is 2.55. The first kappa shape index (κ1) is 28.8. The molecule has 0 amide bonds. The quantitative estimate of drug-likeness (QED) is 0.413. The van der Waals surface area contributed by atoms with E-state index >= 15 is 0 Å². The van der Waals surface area contributed by atoms with Crippen molar-refractivity contribution in [1.29, 1.82) is 0 Å². The summed E-state index contributed by atoms with van der Waals surface area (Å²) in [6, 6.07) is 31.5. The van der Waals surface area contributed by atoms with Crippen molar-refractivity contribution in [2.45, 2.75) is 37.7 Å². The summed E-state index contributed by atoms with van der Waals surface area (Å²) in [7, 11) is 0. The van der Waals surface area contributed by atoms with Crippen LogP contribution in [0.15, 0.2) is 112 Å². The first-order valence-corrected chi connectivity index (χ1v) is 16.5. The minimum Gasteiger partial charge on any atom is -1.00 e. The van der Waals surface area contributed by atoms with Gasteiger partial charge in [-0.15, -0.1) is 0 Å². The van der Waals surface area contributed by atoms with Crippen molar-refractivity contribution in [3.8, 4) is 0 Å². The molecule has 3 aromatic carbocycles. The van der Waals surface area contributed by atoms with E-state index in [4.69, 9.17) is 0 Å². The Labute approximate surface area is 237 Å². The molecule has 2 aliphatic rings. The fraction of sp³-hybridized carbons (Fsp3) is 0.242. The van der Waals surface area contributed by atoms with E-state index in [-0.39, 0.29) is 24.8 Å². The molecular weight excluding hydrogens is 558 g/mol. The van der Waals surface area contributed by atoms with E-state index in [1.54, 1.807) is 17.6 Å². The fourth-order valence-corrected chi connectivity index (χ4v) is 14.3. The molecule has 0 fully saturated rings. The minimum absolute atomic E-state index is 0. The van der Waals surface area contributed by atoms with Gasteiger partial charge in [0.15, 0.2) is 0 Å². The number of allylic oxidation sites excluding steroid dienone is 5. The van der Waals surface area contributed by atoms with Crippen LogP contribution >= 0.6 is 0 Å². The van der Waals surface area contributed by atoms with E-state index in [1.807, 2.05) is 0 Å². The molecule has 0 bridgehead atoms. The number of hydrogen-bond acceptors (Lipinski definition) is 0. The van der Waals surface area contributed by atoms with E-state index in [2.05, 4.69) is 131 Å². The summed E-state index contributed by atoms with van der Waals surface area (Å²) in [6.45, 7) is 9.48. The number of benzene rings is 3. The number of hydrogen-bond donors (Lipinski definition) is 0. The van der Waals surface area contributed by atoms with Gasteiger partial charge in [0, 0.05) is 0 Å². The van der Waals surface area contributed by atoms with Crippen LogP contribution in [0, 0.1) is 11.8 Å². The molecule has 5 rings (SSSR count). The average Bonchev–Trinajstić information content (AvgIpc) is 3.49. The van der Waals surface area contributed by atoms with Gasteiger partial charge in [-0.05, 0) is 0 Å². The Balaban J connectivity index is 0.00000180. The van der Waals surface area contributed by atoms with E-state index in [9.17, 15) is 0 Å². The second-order valence-electron chi connectivity index (χ2n) is 10.1. The normalized spacial score (nSPS) is 15.7. The first-order chi connectivity index (χ1) is 16.5. The van der Waals surface area contributed by atoms with E-state index in [0.29, 0.717) is 15.5 Å². The molecule has 1 unspecified atom stereocenters. The molecular formula is C33H34Cl2Zr. The largest absolute Gasteiger partial charge is 1.00 e. The Morgan fingerprint density at radius 3 is 1.81 bits per heavy atom. The molecule has 0 radical (unpaired) electrons. The summed E-state index contributed by atoms with van der Waals surface area (Å²) >= 11 is -2.46. The van der Waals surface area contributed by atoms with E-state index in [1.165, 1.54) is 22.3 Å². The van der Waals surface area contributed by atoms with Crippen molar-refractivity contribution < 1.29 is 46.1 Å². The monoisotopic (exact) mass is 590 g/mol. The van der Waals surface area contributed by atoms with Gasteiger partial charge in [-0.2, -0.15) is 0 Å². The van der Waals surface area contributed by atoms with Crippen LogP contribution in [0.5, 0.6) is 0 Å². The Kier molecular flexibility index (Phi) is 10.1. The second kappa shape index (κ2) is 12.6. The minimum atomic E-state index is -2.46. The van der Waals surface area contributed by atoms with Crippen molar-refractivity contribution in [2.75, 3.05) is 0 Å². The molecule has 2 aliphatic carbocycles. The molecule has 0 heterocycles. The van der Waals surface area contributed by atoms with Crippen LogP contribution in [0.25, 0.3) is 6.08 Å². The van der Waals surface area contributed by atoms with Crippen molar-refractivity contribution in [1.82, 2.24) is 0 Å². The molecule has 0 saturated carbocycles. The maximum Gasteiger partial charge on any atom is -1.00 e. The molecule has 1 atom stereocenters. The smallest absolute Gasteiger partial charge is 1.00 e. The summed E-state index contributed by atoms with van der Waals surface area (Å²) < 4.78 is 3.92. The Hall–Kier alpha value is -1.79. The molecule has 184 valence electrons. The van der Waals surface area contributed by atoms with Crippen molar-refractivity contribution in [3.63, 3.8) is 0 Å². The molecule has 0 aliphatic heterocycles. The maximum absolute atomic E-state index is 2.65. The Bertz CT molecular complexity index is 1270. The maximum atomic E-state index is 2.65. The van der Waals surface area contributed by atoms with Gasteiger partial charge in [0.2, 0.25) is 0 Å². The standard InChI is InChI=1S/C13H10.C11H17.C9H7.2ClH.Zr/c1-3-7-12(8-4-1)11-13-9-5-2-6-10-13;1-8(2)10-6-5-7-11(10)9(3)4;1-2-5-9-7-3-6-8(9)4-1;;;/h1-10H;6,8-9H,7H2,1-4H3;1-7H;2*1H;/q;;;;;+2/p-2. The number of halogens is 2. The van der Waals surface area contributed by atoms with Crippen LogP contribution < -0.4 is 24.8 Å². The van der Waals surface area contributed by atoms with E-state index in [0.717, 1.165) is 6.42 Å². The molecule has 0 saturated heterocycles. The summed E-state index contributed by atoms with van der Waals surface area (Å²) in [6.07, 6.45) is 8.73. The Morgan fingerprint density at radius 1 is 0.722 bits per heavy atom. The van der Waals surface area contributed by atoms with Crippen molar-refractivity contribution >= 4 is 9.28 Å². The third-order valence-electron chi connectivity index (χ3n) is 7.25. The van der Waals surface area contributed by atoms with Gasteiger partial charge < -0.3 is 24.8 Å². The summed E-state index contributed by atoms with van der Waals surface area (Å²) in [5.74, 6) is 1.17. The molecule has 3 heteroatoms. The fourth-order valence-electron chi connectivity index (χ4n) is 5.59. The van der Waals surface area contributed by atoms with Gasteiger partial charge in [0.25, 0.3) is 0 Å². The zero-order valence-corrected chi connectivity index (χ0v) is 25.5. The summed E-state index contributed by atoms with van der Waals surface area (Å²) in [5.41, 5.74) is 9.02. The molecule has 0 N–H and O–H groups in total. The molecule has 0 spiro atoms. The van der Waals surface area contributed by atoms with Gasteiger partial charge in [-0.3, -0.25) is 0 Å². The van der Waals surface area contributed by atoms with Gasteiger partial charge >= 0.3 is 214 Å². The topological polar surface area (TPSA) is 0 Å². The van der Waals surface area contributed by atoms with Crippen LogP contribution in [0.1, 0.15) is 60.0 Å². The predicted molar refractivity (Wildman–Crippen MR) is 144 cm³/mol. The van der Waals surface area contributed by atoms with Crippen LogP contribution in [-0.2, 0) is 21.3 Å². The summed E-state index contributed by atoms with van der Waals surface area (Å²) in [4.78, 5) is 0. The molecule has 3 aromatic rings. The van der Waals surface area contributed by atoms with Gasteiger partial charge in [-0.25, -0.2) is 0 Å². The average molecular weight is 593 g/mol. The van der Waals surface area contributed by atoms with Gasteiger partial charge in [0.05, 0.1) is 0 Å². The molecule has 0 aromatic heterocycles. The summed E-state index contributed by atoms with van der Waals surface area (Å²) in [5, 5.41) is 0. The number of fused-ring (bicyclic) bond motifs is 1. The van der Waals surface area contributed by atoms with Crippen molar-refractivity contribution in [2.24, 2.45) is 11.8 Å².